The van der Waals surface area contributed by atoms with Crippen molar-refractivity contribution in [3.63, 3.8) is 0 Å². The Labute approximate surface area is 209 Å². The van der Waals surface area contributed by atoms with Gasteiger partial charge >= 0.3 is 5.97 Å². The maximum atomic E-state index is 12.8. The average Bonchev–Trinajstić information content (AvgIpc) is 2.73. The van der Waals surface area contributed by atoms with E-state index in [4.69, 9.17) is 9.47 Å². The summed E-state index contributed by atoms with van der Waals surface area (Å²) in [6, 6.07) is 6.64. The van der Waals surface area contributed by atoms with Crippen LogP contribution in [0.4, 0.5) is 0 Å². The van der Waals surface area contributed by atoms with Gasteiger partial charge in [-0.05, 0) is 73.7 Å². The number of phenols is 1. The normalized spacial score (nSPS) is 14.6. The van der Waals surface area contributed by atoms with Gasteiger partial charge in [0.05, 0.1) is 21.6 Å². The standard InChI is InChI=1S/C22H26Br2NO7P/c1-5-12(2)19(22(28)31-3)25-21(27)15-10-14(6-7-18(15)26)32-20-16(23)8-13(9-17(20)24)11-33(4,29)30/h6-10,12,19,26H,5,11H2,1-4H3,(H,25,27)(H,29,30). The van der Waals surface area contributed by atoms with Gasteiger partial charge in [-0.2, -0.15) is 0 Å². The molecule has 3 atom stereocenters. The molecule has 0 radical (unpaired) electrons. The summed E-state index contributed by atoms with van der Waals surface area (Å²) < 4.78 is 23.5. The Hall–Kier alpha value is -1.87. The van der Waals surface area contributed by atoms with Crippen molar-refractivity contribution >= 4 is 51.1 Å². The molecule has 0 aliphatic carbocycles. The highest BCUT2D eigenvalue weighted by Crippen LogP contribution is 2.44. The minimum Gasteiger partial charge on any atom is -0.507 e. The lowest BCUT2D eigenvalue weighted by molar-refractivity contribution is -0.144. The first kappa shape index (κ1) is 27.4. The van der Waals surface area contributed by atoms with Crippen molar-refractivity contribution in [2.75, 3.05) is 13.8 Å². The quantitative estimate of drug-likeness (QED) is 0.257. The molecular weight excluding hydrogens is 581 g/mol. The van der Waals surface area contributed by atoms with Crippen molar-refractivity contribution in [1.29, 1.82) is 0 Å². The highest BCUT2D eigenvalue weighted by atomic mass is 79.9. The zero-order valence-electron chi connectivity index (χ0n) is 18.6. The van der Waals surface area contributed by atoms with Crippen molar-refractivity contribution in [2.24, 2.45) is 5.92 Å². The van der Waals surface area contributed by atoms with Crippen LogP contribution in [0, 0.1) is 5.92 Å². The fourth-order valence-corrected chi connectivity index (χ4v) is 5.34. The second-order valence-corrected chi connectivity index (χ2v) is 11.9. The Balaban J connectivity index is 2.31. The van der Waals surface area contributed by atoms with Gasteiger partial charge in [-0.1, -0.05) is 20.3 Å². The van der Waals surface area contributed by atoms with Crippen molar-refractivity contribution in [3.05, 3.63) is 50.4 Å². The van der Waals surface area contributed by atoms with Crippen LogP contribution in [0.15, 0.2) is 39.3 Å². The van der Waals surface area contributed by atoms with Crippen molar-refractivity contribution in [2.45, 2.75) is 32.5 Å². The van der Waals surface area contributed by atoms with Gasteiger partial charge in [0, 0.05) is 12.8 Å². The van der Waals surface area contributed by atoms with Gasteiger partial charge in [0.15, 0.2) is 5.75 Å². The maximum Gasteiger partial charge on any atom is 0.328 e. The van der Waals surface area contributed by atoms with E-state index in [1.165, 1.54) is 32.0 Å². The molecule has 0 fully saturated rings. The molecule has 0 aromatic heterocycles. The van der Waals surface area contributed by atoms with E-state index >= 15 is 0 Å². The second kappa shape index (κ2) is 11.5. The number of nitrogens with one attached hydrogen (secondary N) is 1. The minimum atomic E-state index is -3.25. The number of carbonyl (C=O) groups is 2. The summed E-state index contributed by atoms with van der Waals surface area (Å²) in [7, 11) is -2.00. The number of hydrogen-bond donors (Lipinski definition) is 3. The molecule has 0 saturated carbocycles. The number of benzene rings is 2. The van der Waals surface area contributed by atoms with Crippen LogP contribution < -0.4 is 10.1 Å². The molecular formula is C22H26Br2NO7P. The molecule has 0 aliphatic rings. The average molecular weight is 607 g/mol. The molecule has 8 nitrogen and oxygen atoms in total. The van der Waals surface area contributed by atoms with Gasteiger partial charge in [0.25, 0.3) is 5.91 Å². The number of amides is 1. The molecule has 3 N–H and O–H groups in total. The van der Waals surface area contributed by atoms with E-state index in [1.54, 1.807) is 12.1 Å². The van der Waals surface area contributed by atoms with E-state index in [9.17, 15) is 24.2 Å². The summed E-state index contributed by atoms with van der Waals surface area (Å²) in [6.07, 6.45) is 0.641. The number of hydrogen-bond acceptors (Lipinski definition) is 6. The number of carbonyl (C=O) groups excluding carboxylic acids is 2. The van der Waals surface area contributed by atoms with E-state index in [0.717, 1.165) is 0 Å². The fraction of sp³-hybridized carbons (Fsp3) is 0.364. The van der Waals surface area contributed by atoms with Crippen molar-refractivity contribution in [1.82, 2.24) is 5.32 Å². The molecule has 1 amide bonds. The van der Waals surface area contributed by atoms with Gasteiger partial charge in [-0.15, -0.1) is 0 Å². The smallest absolute Gasteiger partial charge is 0.328 e. The van der Waals surface area contributed by atoms with Gasteiger partial charge in [0.1, 0.15) is 17.5 Å². The molecule has 0 spiro atoms. The van der Waals surface area contributed by atoms with Crippen LogP contribution in [0.1, 0.15) is 36.2 Å². The molecule has 33 heavy (non-hydrogen) atoms. The number of esters is 1. The number of methoxy groups -OCH3 is 1. The maximum absolute atomic E-state index is 12.8. The molecule has 0 heterocycles. The Morgan fingerprint density at radius 2 is 1.79 bits per heavy atom. The predicted molar refractivity (Wildman–Crippen MR) is 132 cm³/mol. The SMILES string of the molecule is CCC(C)C(NC(=O)c1cc(Oc2c(Br)cc(CP(C)(=O)O)cc2Br)ccc1O)C(=O)OC. The highest BCUT2D eigenvalue weighted by molar-refractivity contribution is 9.11. The topological polar surface area (TPSA) is 122 Å². The lowest BCUT2D eigenvalue weighted by Gasteiger charge is -2.22. The molecule has 2 rings (SSSR count). The zero-order chi connectivity index (χ0) is 24.9. The summed E-state index contributed by atoms with van der Waals surface area (Å²) in [6.45, 7) is 4.99. The molecule has 0 bridgehead atoms. The Morgan fingerprint density at radius 3 is 2.30 bits per heavy atom. The molecule has 2 aromatic rings. The largest absolute Gasteiger partial charge is 0.507 e. The molecule has 3 unspecified atom stereocenters. The van der Waals surface area contributed by atoms with Gasteiger partial charge < -0.3 is 24.8 Å². The van der Waals surface area contributed by atoms with E-state index in [0.29, 0.717) is 26.7 Å². The van der Waals surface area contributed by atoms with E-state index in [2.05, 4.69) is 37.2 Å². The molecule has 2 aromatic carbocycles. The lowest BCUT2D eigenvalue weighted by Crippen LogP contribution is -2.45. The fourth-order valence-electron chi connectivity index (χ4n) is 3.03. The number of halogens is 2. The van der Waals surface area contributed by atoms with E-state index in [-0.39, 0.29) is 29.1 Å². The van der Waals surface area contributed by atoms with Gasteiger partial charge in [-0.25, -0.2) is 4.79 Å². The molecule has 11 heteroatoms. The minimum absolute atomic E-state index is 0.00551. The van der Waals surface area contributed by atoms with E-state index in [1.807, 2.05) is 13.8 Å². The van der Waals surface area contributed by atoms with Crippen molar-refractivity contribution in [3.8, 4) is 17.2 Å². The van der Waals surface area contributed by atoms with Crippen LogP contribution in [0.25, 0.3) is 0 Å². The van der Waals surface area contributed by atoms with Gasteiger partial charge in [-0.3, -0.25) is 9.36 Å². The van der Waals surface area contributed by atoms with Crippen molar-refractivity contribution < 1.29 is 33.6 Å². The molecule has 0 aliphatic heterocycles. The van der Waals surface area contributed by atoms with Crippen LogP contribution in [0.2, 0.25) is 0 Å². The first-order chi connectivity index (χ1) is 15.4. The zero-order valence-corrected chi connectivity index (χ0v) is 22.7. The Kier molecular flexibility index (Phi) is 9.55. The van der Waals surface area contributed by atoms with Crippen LogP contribution in [-0.2, 0) is 20.3 Å². The summed E-state index contributed by atoms with van der Waals surface area (Å²) in [5, 5.41) is 12.8. The third-order valence-corrected chi connectivity index (χ3v) is 7.05. The summed E-state index contributed by atoms with van der Waals surface area (Å²) in [4.78, 5) is 34.6. The third-order valence-electron chi connectivity index (χ3n) is 4.92. The monoisotopic (exact) mass is 605 g/mol. The lowest BCUT2D eigenvalue weighted by atomic mass is 9.98. The van der Waals surface area contributed by atoms with Crippen LogP contribution in [-0.4, -0.2) is 41.7 Å². The summed E-state index contributed by atoms with van der Waals surface area (Å²) >= 11 is 6.80. The molecule has 180 valence electrons. The number of aromatic hydroxyl groups is 1. The summed E-state index contributed by atoms with van der Waals surface area (Å²) in [5.41, 5.74) is 0.569. The Morgan fingerprint density at radius 1 is 1.18 bits per heavy atom. The number of phenolic OH excluding ortho intramolecular Hbond substituents is 1. The number of ether oxygens (including phenoxy) is 2. The number of rotatable bonds is 9. The Bertz CT molecular complexity index is 1060. The van der Waals surface area contributed by atoms with Crippen LogP contribution in [0.3, 0.4) is 0 Å². The second-order valence-electron chi connectivity index (χ2n) is 7.74. The van der Waals surface area contributed by atoms with Gasteiger partial charge in [0.2, 0.25) is 7.37 Å². The van der Waals surface area contributed by atoms with Crippen LogP contribution >= 0.6 is 39.2 Å². The first-order valence-electron chi connectivity index (χ1n) is 10.0. The first-order valence-corrected chi connectivity index (χ1v) is 13.9. The van der Waals surface area contributed by atoms with Crippen LogP contribution in [0.5, 0.6) is 17.2 Å². The summed E-state index contributed by atoms with van der Waals surface area (Å²) in [5.74, 6) is -1.03. The highest BCUT2D eigenvalue weighted by Gasteiger charge is 2.28. The predicted octanol–water partition coefficient (Wildman–Crippen LogP) is 5.43. The molecule has 0 saturated heterocycles. The third kappa shape index (κ3) is 7.57. The van der Waals surface area contributed by atoms with E-state index < -0.39 is 25.3 Å².